The molecule has 0 aliphatic heterocycles. The van der Waals surface area contributed by atoms with Crippen molar-refractivity contribution in [1.29, 1.82) is 5.26 Å². The molecule has 0 saturated carbocycles. The van der Waals surface area contributed by atoms with Gasteiger partial charge < -0.3 is 0 Å². The van der Waals surface area contributed by atoms with Gasteiger partial charge in [0.15, 0.2) is 0 Å². The van der Waals surface area contributed by atoms with Crippen LogP contribution in [-0.2, 0) is 6.42 Å². The molecule has 3 heteroatoms. The number of hydrogen-bond acceptors (Lipinski definition) is 1. The SMILES string of the molecule is CCc1cc(C#N)ccc1C(F)F. The summed E-state index contributed by atoms with van der Waals surface area (Å²) in [4.78, 5) is 0. The molecule has 0 aliphatic rings. The maximum Gasteiger partial charge on any atom is 0.264 e. The lowest BCUT2D eigenvalue weighted by Crippen LogP contribution is -1.93. The van der Waals surface area contributed by atoms with Gasteiger partial charge in [0.1, 0.15) is 0 Å². The minimum absolute atomic E-state index is 0.0292. The maximum absolute atomic E-state index is 12.4. The second-order valence-electron chi connectivity index (χ2n) is 2.68. The van der Waals surface area contributed by atoms with Gasteiger partial charge in [-0.3, -0.25) is 0 Å². The summed E-state index contributed by atoms with van der Waals surface area (Å²) in [6.07, 6.45) is -1.93. The average Bonchev–Trinajstić information content (AvgIpc) is 2.16. The van der Waals surface area contributed by atoms with Crippen LogP contribution >= 0.6 is 0 Å². The number of hydrogen-bond donors (Lipinski definition) is 0. The minimum atomic E-state index is -2.46. The van der Waals surface area contributed by atoms with Crippen molar-refractivity contribution in [2.45, 2.75) is 19.8 Å². The Morgan fingerprint density at radius 3 is 2.62 bits per heavy atom. The van der Waals surface area contributed by atoms with Crippen LogP contribution in [0.5, 0.6) is 0 Å². The summed E-state index contributed by atoms with van der Waals surface area (Å²) < 4.78 is 24.7. The number of nitrogens with zero attached hydrogens (tertiary/aromatic N) is 1. The molecule has 0 atom stereocenters. The van der Waals surface area contributed by atoms with Crippen LogP contribution in [0.2, 0.25) is 0 Å². The van der Waals surface area contributed by atoms with Gasteiger partial charge in [0.25, 0.3) is 6.43 Å². The molecule has 1 aromatic carbocycles. The molecule has 13 heavy (non-hydrogen) atoms. The van der Waals surface area contributed by atoms with Gasteiger partial charge in [0, 0.05) is 5.56 Å². The Morgan fingerprint density at radius 2 is 2.15 bits per heavy atom. The van der Waals surface area contributed by atoms with E-state index >= 15 is 0 Å². The monoisotopic (exact) mass is 181 g/mol. The molecule has 0 fully saturated rings. The molecule has 0 unspecified atom stereocenters. The molecule has 1 rings (SSSR count). The maximum atomic E-state index is 12.4. The highest BCUT2D eigenvalue weighted by molar-refractivity contribution is 5.38. The summed E-state index contributed by atoms with van der Waals surface area (Å²) in [6.45, 7) is 1.79. The zero-order chi connectivity index (χ0) is 9.84. The standard InChI is InChI=1S/C10H9F2N/c1-2-8-5-7(6-13)3-4-9(8)10(11)12/h3-5,10H,2H2,1H3. The second kappa shape index (κ2) is 3.99. The smallest absolute Gasteiger partial charge is 0.205 e. The van der Waals surface area contributed by atoms with Gasteiger partial charge in [-0.05, 0) is 24.1 Å². The van der Waals surface area contributed by atoms with E-state index in [-0.39, 0.29) is 5.56 Å². The summed E-state index contributed by atoms with van der Waals surface area (Å²) in [5.41, 5.74) is 1.01. The Hall–Kier alpha value is -1.43. The molecule has 0 N–H and O–H groups in total. The lowest BCUT2D eigenvalue weighted by molar-refractivity contribution is 0.150. The Kier molecular flexibility index (Phi) is 2.97. The van der Waals surface area contributed by atoms with Gasteiger partial charge in [-0.25, -0.2) is 8.78 Å². The fraction of sp³-hybridized carbons (Fsp3) is 0.300. The van der Waals surface area contributed by atoms with E-state index in [0.29, 0.717) is 17.5 Å². The fourth-order valence-corrected chi connectivity index (χ4v) is 1.19. The van der Waals surface area contributed by atoms with Crippen molar-refractivity contribution in [2.24, 2.45) is 0 Å². The summed E-state index contributed by atoms with van der Waals surface area (Å²) in [5.74, 6) is 0. The normalized spacial score (nSPS) is 10.1. The van der Waals surface area contributed by atoms with Gasteiger partial charge >= 0.3 is 0 Å². The van der Waals surface area contributed by atoms with E-state index in [1.807, 2.05) is 6.07 Å². The van der Waals surface area contributed by atoms with Crippen LogP contribution in [-0.4, -0.2) is 0 Å². The van der Waals surface area contributed by atoms with Gasteiger partial charge in [0.2, 0.25) is 0 Å². The molecule has 1 aromatic rings. The quantitative estimate of drug-likeness (QED) is 0.687. The number of benzene rings is 1. The van der Waals surface area contributed by atoms with Crippen molar-refractivity contribution in [3.8, 4) is 6.07 Å². The Bertz CT molecular complexity index is 339. The minimum Gasteiger partial charge on any atom is -0.205 e. The first-order chi connectivity index (χ1) is 6.19. The molecular weight excluding hydrogens is 172 g/mol. The number of alkyl halides is 2. The predicted octanol–water partition coefficient (Wildman–Crippen LogP) is 3.06. The molecule has 0 bridgehead atoms. The molecule has 0 heterocycles. The van der Waals surface area contributed by atoms with Crippen molar-refractivity contribution in [2.75, 3.05) is 0 Å². The molecule has 0 aliphatic carbocycles. The highest BCUT2D eigenvalue weighted by Gasteiger charge is 2.11. The van der Waals surface area contributed by atoms with E-state index in [4.69, 9.17) is 5.26 Å². The van der Waals surface area contributed by atoms with Gasteiger partial charge in [-0.2, -0.15) is 5.26 Å². The third-order valence-corrected chi connectivity index (χ3v) is 1.89. The highest BCUT2D eigenvalue weighted by atomic mass is 19.3. The van der Waals surface area contributed by atoms with Gasteiger partial charge in [0.05, 0.1) is 11.6 Å². The number of halogens is 2. The number of aryl methyl sites for hydroxylation is 1. The predicted molar refractivity (Wildman–Crippen MR) is 45.5 cm³/mol. The molecule has 1 nitrogen and oxygen atoms in total. The van der Waals surface area contributed by atoms with E-state index < -0.39 is 6.43 Å². The largest absolute Gasteiger partial charge is 0.264 e. The summed E-state index contributed by atoms with van der Waals surface area (Å²) in [5, 5.41) is 8.55. The third kappa shape index (κ3) is 2.03. The third-order valence-electron chi connectivity index (χ3n) is 1.89. The van der Waals surface area contributed by atoms with Crippen molar-refractivity contribution in [3.05, 3.63) is 34.9 Å². The lowest BCUT2D eigenvalue weighted by Gasteiger charge is -2.06. The van der Waals surface area contributed by atoms with Crippen LogP contribution < -0.4 is 0 Å². The Morgan fingerprint density at radius 1 is 1.46 bits per heavy atom. The van der Waals surface area contributed by atoms with Crippen LogP contribution in [0.4, 0.5) is 8.78 Å². The van der Waals surface area contributed by atoms with Crippen LogP contribution in [0.1, 0.15) is 30.0 Å². The highest BCUT2D eigenvalue weighted by Crippen LogP contribution is 2.23. The molecular formula is C10H9F2N. The topological polar surface area (TPSA) is 23.8 Å². The number of nitriles is 1. The molecule has 68 valence electrons. The molecule has 0 amide bonds. The van der Waals surface area contributed by atoms with Crippen molar-refractivity contribution >= 4 is 0 Å². The Balaban J connectivity index is 3.17. The van der Waals surface area contributed by atoms with Crippen LogP contribution in [0.15, 0.2) is 18.2 Å². The van der Waals surface area contributed by atoms with E-state index in [1.165, 1.54) is 18.2 Å². The fourth-order valence-electron chi connectivity index (χ4n) is 1.19. The van der Waals surface area contributed by atoms with Crippen molar-refractivity contribution in [3.63, 3.8) is 0 Å². The van der Waals surface area contributed by atoms with E-state index in [2.05, 4.69) is 0 Å². The average molecular weight is 181 g/mol. The van der Waals surface area contributed by atoms with E-state index in [1.54, 1.807) is 6.92 Å². The molecule has 0 aromatic heterocycles. The van der Waals surface area contributed by atoms with E-state index in [9.17, 15) is 8.78 Å². The summed E-state index contributed by atoms with van der Waals surface area (Å²) in [7, 11) is 0. The molecule has 0 saturated heterocycles. The van der Waals surface area contributed by atoms with Crippen LogP contribution in [0, 0.1) is 11.3 Å². The second-order valence-corrected chi connectivity index (χ2v) is 2.68. The summed E-state index contributed by atoms with van der Waals surface area (Å²) >= 11 is 0. The zero-order valence-corrected chi connectivity index (χ0v) is 7.22. The van der Waals surface area contributed by atoms with Gasteiger partial charge in [-0.1, -0.05) is 13.0 Å². The lowest BCUT2D eigenvalue weighted by atomic mass is 10.0. The first kappa shape index (κ1) is 9.66. The van der Waals surface area contributed by atoms with Gasteiger partial charge in [-0.15, -0.1) is 0 Å². The first-order valence-electron chi connectivity index (χ1n) is 4.00. The van der Waals surface area contributed by atoms with Crippen molar-refractivity contribution < 1.29 is 8.78 Å². The van der Waals surface area contributed by atoms with Crippen molar-refractivity contribution in [1.82, 2.24) is 0 Å². The first-order valence-corrected chi connectivity index (χ1v) is 4.00. The Labute approximate surface area is 75.6 Å². The van der Waals surface area contributed by atoms with E-state index in [0.717, 1.165) is 0 Å². The zero-order valence-electron chi connectivity index (χ0n) is 7.22. The van der Waals surface area contributed by atoms with Crippen LogP contribution in [0.25, 0.3) is 0 Å². The molecule has 0 radical (unpaired) electrons. The summed E-state index contributed by atoms with van der Waals surface area (Å²) in [6, 6.07) is 6.18. The molecule has 0 spiro atoms. The van der Waals surface area contributed by atoms with Crippen LogP contribution in [0.3, 0.4) is 0 Å². The number of rotatable bonds is 2.